The van der Waals surface area contributed by atoms with Crippen LogP contribution in [-0.4, -0.2) is 21.7 Å². The molecule has 1 N–H and O–H groups in total. The van der Waals surface area contributed by atoms with E-state index in [1.165, 1.54) is 11.0 Å². The Bertz CT molecular complexity index is 680. The fourth-order valence-electron chi connectivity index (χ4n) is 2.98. The highest BCUT2D eigenvalue weighted by molar-refractivity contribution is 5.88. The van der Waals surface area contributed by atoms with Crippen molar-refractivity contribution < 1.29 is 18.0 Å². The lowest BCUT2D eigenvalue weighted by Crippen LogP contribution is -2.36. The molecular formula is C15H16F3N3O. The topological polar surface area (TPSA) is 46.9 Å². The first-order chi connectivity index (χ1) is 10.4. The zero-order valence-corrected chi connectivity index (χ0v) is 11.8. The Morgan fingerprint density at radius 1 is 1.27 bits per heavy atom. The lowest BCUT2D eigenvalue weighted by Gasteiger charge is -2.29. The van der Waals surface area contributed by atoms with Crippen molar-refractivity contribution >= 4 is 16.9 Å². The van der Waals surface area contributed by atoms with Crippen molar-refractivity contribution in [3.63, 3.8) is 0 Å². The molecule has 22 heavy (non-hydrogen) atoms. The van der Waals surface area contributed by atoms with Gasteiger partial charge in [-0.1, -0.05) is 18.6 Å². The van der Waals surface area contributed by atoms with E-state index in [0.29, 0.717) is 12.8 Å². The summed E-state index contributed by atoms with van der Waals surface area (Å²) in [6.07, 6.45) is -1.87. The predicted molar refractivity (Wildman–Crippen MR) is 75.6 cm³/mol. The van der Waals surface area contributed by atoms with Gasteiger partial charge in [-0.05, 0) is 31.4 Å². The van der Waals surface area contributed by atoms with Gasteiger partial charge in [0.25, 0.3) is 0 Å². The molecule has 0 aliphatic heterocycles. The first-order valence-electron chi connectivity index (χ1n) is 7.25. The van der Waals surface area contributed by atoms with Crippen molar-refractivity contribution in [2.24, 2.45) is 11.8 Å². The fraction of sp³-hybridized carbons (Fsp3) is 0.467. The van der Waals surface area contributed by atoms with Gasteiger partial charge < -0.3 is 0 Å². The molecule has 1 amide bonds. The molecular weight excluding hydrogens is 295 g/mol. The molecule has 0 unspecified atom stereocenters. The number of rotatable bonds is 2. The second-order valence-corrected chi connectivity index (χ2v) is 5.68. The van der Waals surface area contributed by atoms with E-state index in [9.17, 15) is 18.0 Å². The van der Waals surface area contributed by atoms with Crippen LogP contribution in [0.2, 0.25) is 0 Å². The van der Waals surface area contributed by atoms with E-state index >= 15 is 0 Å². The van der Waals surface area contributed by atoms with Crippen molar-refractivity contribution in [3.05, 3.63) is 30.6 Å². The fourth-order valence-corrected chi connectivity index (χ4v) is 2.98. The van der Waals surface area contributed by atoms with Crippen LogP contribution >= 0.6 is 0 Å². The van der Waals surface area contributed by atoms with E-state index in [1.54, 1.807) is 12.1 Å². The zero-order chi connectivity index (χ0) is 15.7. The molecule has 2 atom stereocenters. The first kappa shape index (κ1) is 14.9. The third-order valence-electron chi connectivity index (χ3n) is 4.19. The minimum absolute atomic E-state index is 0.112. The van der Waals surface area contributed by atoms with Gasteiger partial charge in [-0.25, -0.2) is 9.66 Å². The molecule has 7 heteroatoms. The maximum Gasteiger partial charge on any atom is 0.391 e. The number of nitrogens with one attached hydrogen (secondary N) is 1. The van der Waals surface area contributed by atoms with E-state index in [4.69, 9.17) is 0 Å². The van der Waals surface area contributed by atoms with E-state index in [0.717, 1.165) is 11.0 Å². The molecule has 1 aromatic carbocycles. The Balaban J connectivity index is 1.71. The van der Waals surface area contributed by atoms with Gasteiger partial charge in [0, 0.05) is 5.92 Å². The van der Waals surface area contributed by atoms with Crippen LogP contribution in [0.3, 0.4) is 0 Å². The number of benzene rings is 1. The minimum Gasteiger partial charge on any atom is -0.273 e. The predicted octanol–water partition coefficient (Wildman–Crippen LogP) is 3.48. The summed E-state index contributed by atoms with van der Waals surface area (Å²) in [4.78, 5) is 16.4. The van der Waals surface area contributed by atoms with Crippen LogP contribution < -0.4 is 5.43 Å². The zero-order valence-electron chi connectivity index (χ0n) is 11.8. The molecule has 0 spiro atoms. The number of hydrogen-bond donors (Lipinski definition) is 1. The van der Waals surface area contributed by atoms with Gasteiger partial charge in [-0.3, -0.25) is 10.2 Å². The first-order valence-corrected chi connectivity index (χ1v) is 7.25. The highest BCUT2D eigenvalue weighted by Crippen LogP contribution is 2.40. The maximum absolute atomic E-state index is 12.8. The minimum atomic E-state index is -4.22. The van der Waals surface area contributed by atoms with Crippen molar-refractivity contribution in [2.45, 2.75) is 31.9 Å². The summed E-state index contributed by atoms with van der Waals surface area (Å²) < 4.78 is 39.9. The van der Waals surface area contributed by atoms with Crippen LogP contribution in [0.4, 0.5) is 13.2 Å². The quantitative estimate of drug-likeness (QED) is 0.923. The van der Waals surface area contributed by atoms with E-state index in [2.05, 4.69) is 10.4 Å². The Hall–Kier alpha value is -2.05. The van der Waals surface area contributed by atoms with Gasteiger partial charge in [0.2, 0.25) is 5.91 Å². The molecule has 0 bridgehead atoms. The molecule has 1 fully saturated rings. The standard InChI is InChI=1S/C15H16F3N3O/c16-15(17,18)11-5-3-4-10(8-11)14(22)20-21-9-19-12-6-1-2-7-13(12)21/h1-2,6-7,9-11H,3-5,8H2,(H,20,22)/t10-,11+/m0/s1. The van der Waals surface area contributed by atoms with Gasteiger partial charge in [0.15, 0.2) is 0 Å². The average Bonchev–Trinajstić information content (AvgIpc) is 2.90. The number of para-hydroxylation sites is 2. The number of imidazole rings is 1. The van der Waals surface area contributed by atoms with Crippen molar-refractivity contribution in [1.82, 2.24) is 9.66 Å². The van der Waals surface area contributed by atoms with E-state index in [-0.39, 0.29) is 18.7 Å². The molecule has 1 heterocycles. The van der Waals surface area contributed by atoms with Gasteiger partial charge in [0.1, 0.15) is 6.33 Å². The summed E-state index contributed by atoms with van der Waals surface area (Å²) in [5, 5.41) is 0. The number of nitrogens with zero attached hydrogens (tertiary/aromatic N) is 2. The van der Waals surface area contributed by atoms with Crippen LogP contribution in [0.5, 0.6) is 0 Å². The van der Waals surface area contributed by atoms with Crippen LogP contribution in [-0.2, 0) is 4.79 Å². The highest BCUT2D eigenvalue weighted by atomic mass is 19.4. The third-order valence-corrected chi connectivity index (χ3v) is 4.19. The maximum atomic E-state index is 12.8. The Kier molecular flexibility index (Phi) is 3.80. The number of hydrogen-bond acceptors (Lipinski definition) is 2. The van der Waals surface area contributed by atoms with Crippen LogP contribution in [0.25, 0.3) is 11.0 Å². The summed E-state index contributed by atoms with van der Waals surface area (Å²) >= 11 is 0. The third kappa shape index (κ3) is 2.93. The molecule has 118 valence electrons. The second kappa shape index (κ2) is 5.62. The number of alkyl halides is 3. The molecule has 1 saturated carbocycles. The Morgan fingerprint density at radius 3 is 2.82 bits per heavy atom. The SMILES string of the molecule is O=C(Nn1cnc2ccccc21)[C@H]1CCC[C@@H](C(F)(F)F)C1. The normalized spacial score (nSPS) is 22.7. The molecule has 0 saturated heterocycles. The number of halogens is 3. The summed E-state index contributed by atoms with van der Waals surface area (Å²) in [5.41, 5.74) is 4.10. The summed E-state index contributed by atoms with van der Waals surface area (Å²) in [6.45, 7) is 0. The number of amides is 1. The molecule has 1 aliphatic carbocycles. The van der Waals surface area contributed by atoms with Gasteiger partial charge in [-0.2, -0.15) is 13.2 Å². The van der Waals surface area contributed by atoms with Gasteiger partial charge in [-0.15, -0.1) is 0 Å². The lowest BCUT2D eigenvalue weighted by atomic mass is 9.80. The molecule has 4 nitrogen and oxygen atoms in total. The summed E-state index contributed by atoms with van der Waals surface area (Å²) in [7, 11) is 0. The second-order valence-electron chi connectivity index (χ2n) is 5.68. The number of carbonyl (C=O) groups is 1. The smallest absolute Gasteiger partial charge is 0.273 e. The van der Waals surface area contributed by atoms with E-state index < -0.39 is 18.0 Å². The Labute approximate surface area is 125 Å². The van der Waals surface area contributed by atoms with Crippen LogP contribution in [0.15, 0.2) is 30.6 Å². The van der Waals surface area contributed by atoms with Crippen molar-refractivity contribution in [2.75, 3.05) is 5.43 Å². The molecule has 1 aromatic heterocycles. The molecule has 0 radical (unpaired) electrons. The van der Waals surface area contributed by atoms with Gasteiger partial charge in [0.05, 0.1) is 17.0 Å². The average molecular weight is 311 g/mol. The van der Waals surface area contributed by atoms with Crippen LogP contribution in [0.1, 0.15) is 25.7 Å². The summed E-state index contributed by atoms with van der Waals surface area (Å²) in [5.74, 6) is -2.37. The molecule has 2 aromatic rings. The van der Waals surface area contributed by atoms with Gasteiger partial charge >= 0.3 is 6.18 Å². The van der Waals surface area contributed by atoms with Crippen LogP contribution in [0, 0.1) is 11.8 Å². The molecule has 3 rings (SSSR count). The lowest BCUT2D eigenvalue weighted by molar-refractivity contribution is -0.185. The summed E-state index contributed by atoms with van der Waals surface area (Å²) in [6, 6.07) is 7.24. The van der Waals surface area contributed by atoms with E-state index in [1.807, 2.05) is 12.1 Å². The Morgan fingerprint density at radius 2 is 2.05 bits per heavy atom. The number of fused-ring (bicyclic) bond motifs is 1. The number of carbonyl (C=O) groups excluding carboxylic acids is 1. The monoisotopic (exact) mass is 311 g/mol. The molecule has 1 aliphatic rings. The number of aromatic nitrogens is 2. The van der Waals surface area contributed by atoms with Crippen molar-refractivity contribution in [3.8, 4) is 0 Å². The highest BCUT2D eigenvalue weighted by Gasteiger charge is 2.43. The largest absolute Gasteiger partial charge is 0.391 e. The van der Waals surface area contributed by atoms with Crippen molar-refractivity contribution in [1.29, 1.82) is 0 Å².